The highest BCUT2D eigenvalue weighted by Crippen LogP contribution is 2.12. The van der Waals surface area contributed by atoms with Crippen LogP contribution < -0.4 is 0 Å². The number of amides is 1. The molecule has 6 nitrogen and oxygen atoms in total. The van der Waals surface area contributed by atoms with Crippen molar-refractivity contribution in [2.75, 3.05) is 26.2 Å². The lowest BCUT2D eigenvalue weighted by Crippen LogP contribution is -2.53. The van der Waals surface area contributed by atoms with E-state index in [0.29, 0.717) is 38.2 Å². The fraction of sp³-hybridized carbons (Fsp3) is 0.538. The van der Waals surface area contributed by atoms with Crippen LogP contribution in [-0.2, 0) is 4.79 Å². The highest BCUT2D eigenvalue weighted by Gasteiger charge is 2.29. The second-order valence-electron chi connectivity index (χ2n) is 4.60. The average molecular weight is 266 g/mol. The molecule has 0 spiro atoms. The molecule has 1 N–H and O–H groups in total. The van der Waals surface area contributed by atoms with Gasteiger partial charge in [0, 0.05) is 26.2 Å². The molecule has 6 heteroatoms. The Morgan fingerprint density at radius 3 is 2.53 bits per heavy atom. The fourth-order valence-electron chi connectivity index (χ4n) is 2.39. The van der Waals surface area contributed by atoms with Crippen LogP contribution in [-0.4, -0.2) is 59.0 Å². The maximum absolute atomic E-state index is 12.1. The Labute approximate surface area is 111 Å². The van der Waals surface area contributed by atoms with Crippen molar-refractivity contribution in [1.82, 2.24) is 9.80 Å². The molecule has 1 fully saturated rings. The van der Waals surface area contributed by atoms with Crippen LogP contribution >= 0.6 is 0 Å². The molecule has 2 rings (SSSR count). The number of aliphatic carboxylic acids is 1. The minimum absolute atomic E-state index is 0.0585. The van der Waals surface area contributed by atoms with E-state index in [1.807, 2.05) is 11.8 Å². The summed E-state index contributed by atoms with van der Waals surface area (Å²) in [5.41, 5.74) is 0.540. The van der Waals surface area contributed by atoms with Gasteiger partial charge < -0.3 is 14.4 Å². The summed E-state index contributed by atoms with van der Waals surface area (Å²) in [6.45, 7) is 4.15. The number of piperazine rings is 1. The zero-order chi connectivity index (χ0) is 13.8. The number of hydrogen-bond donors (Lipinski definition) is 1. The molecule has 1 atom stereocenters. The number of rotatable bonds is 4. The van der Waals surface area contributed by atoms with E-state index in [4.69, 9.17) is 9.52 Å². The van der Waals surface area contributed by atoms with Gasteiger partial charge in [-0.05, 0) is 12.5 Å². The highest BCUT2D eigenvalue weighted by molar-refractivity contribution is 5.93. The van der Waals surface area contributed by atoms with Crippen molar-refractivity contribution < 1.29 is 19.1 Å². The summed E-state index contributed by atoms with van der Waals surface area (Å²) in [5, 5.41) is 9.12. The van der Waals surface area contributed by atoms with Crippen LogP contribution in [0.4, 0.5) is 0 Å². The monoisotopic (exact) mass is 266 g/mol. The Morgan fingerprint density at radius 2 is 2.05 bits per heavy atom. The van der Waals surface area contributed by atoms with Gasteiger partial charge in [-0.25, -0.2) is 0 Å². The Kier molecular flexibility index (Phi) is 4.21. The molecule has 1 amide bonds. The summed E-state index contributed by atoms with van der Waals surface area (Å²) in [7, 11) is 0. The third-order valence-electron chi connectivity index (χ3n) is 3.48. The van der Waals surface area contributed by atoms with Gasteiger partial charge in [0.15, 0.2) is 0 Å². The van der Waals surface area contributed by atoms with E-state index in [2.05, 4.69) is 0 Å². The number of carboxylic acids is 1. The van der Waals surface area contributed by atoms with Crippen LogP contribution in [0.15, 0.2) is 23.0 Å². The van der Waals surface area contributed by atoms with E-state index >= 15 is 0 Å². The molecule has 1 aliphatic rings. The molecule has 0 aromatic carbocycles. The molecule has 2 heterocycles. The van der Waals surface area contributed by atoms with E-state index < -0.39 is 12.0 Å². The molecular formula is C13H18N2O4. The second kappa shape index (κ2) is 5.88. The van der Waals surface area contributed by atoms with Gasteiger partial charge in [-0.3, -0.25) is 14.5 Å². The standard InChI is InChI=1S/C13H18N2O4/c1-2-11(13(17)18)14-4-6-15(7-5-14)12(16)10-3-8-19-9-10/h3,8-9,11H,2,4-7H2,1H3,(H,17,18). The summed E-state index contributed by atoms with van der Waals surface area (Å²) in [4.78, 5) is 26.8. The summed E-state index contributed by atoms with van der Waals surface area (Å²) >= 11 is 0. The van der Waals surface area contributed by atoms with Crippen molar-refractivity contribution in [2.45, 2.75) is 19.4 Å². The topological polar surface area (TPSA) is 74.0 Å². The summed E-state index contributed by atoms with van der Waals surface area (Å²) < 4.78 is 4.90. The van der Waals surface area contributed by atoms with Crippen LogP contribution in [0.1, 0.15) is 23.7 Å². The zero-order valence-electron chi connectivity index (χ0n) is 10.9. The van der Waals surface area contributed by atoms with Gasteiger partial charge in [0.25, 0.3) is 5.91 Å². The minimum atomic E-state index is -0.794. The number of nitrogens with zero attached hydrogens (tertiary/aromatic N) is 2. The van der Waals surface area contributed by atoms with Gasteiger partial charge in [0.1, 0.15) is 12.3 Å². The molecule has 1 unspecified atom stereocenters. The lowest BCUT2D eigenvalue weighted by molar-refractivity contribution is -0.144. The van der Waals surface area contributed by atoms with Gasteiger partial charge in [-0.1, -0.05) is 6.92 Å². The highest BCUT2D eigenvalue weighted by atomic mass is 16.4. The van der Waals surface area contributed by atoms with Crippen LogP contribution in [0.2, 0.25) is 0 Å². The number of carbonyl (C=O) groups is 2. The smallest absolute Gasteiger partial charge is 0.320 e. The molecular weight excluding hydrogens is 248 g/mol. The van der Waals surface area contributed by atoms with Crippen molar-refractivity contribution in [3.63, 3.8) is 0 Å². The molecule has 0 aliphatic carbocycles. The maximum Gasteiger partial charge on any atom is 0.320 e. The molecule has 0 bridgehead atoms. The Morgan fingerprint density at radius 1 is 1.37 bits per heavy atom. The predicted molar refractivity (Wildman–Crippen MR) is 67.9 cm³/mol. The first-order chi connectivity index (χ1) is 9.13. The molecule has 0 saturated carbocycles. The first-order valence-corrected chi connectivity index (χ1v) is 6.41. The third kappa shape index (κ3) is 2.96. The summed E-state index contributed by atoms with van der Waals surface area (Å²) in [5.74, 6) is -0.853. The molecule has 0 radical (unpaired) electrons. The van der Waals surface area contributed by atoms with Crippen LogP contribution in [0.5, 0.6) is 0 Å². The number of carbonyl (C=O) groups excluding carboxylic acids is 1. The van der Waals surface area contributed by atoms with Crippen LogP contribution in [0.3, 0.4) is 0 Å². The Balaban J connectivity index is 1.92. The fourth-order valence-corrected chi connectivity index (χ4v) is 2.39. The summed E-state index contributed by atoms with van der Waals surface area (Å²) in [6, 6.07) is 1.19. The van der Waals surface area contributed by atoms with E-state index in [1.165, 1.54) is 12.5 Å². The Hall–Kier alpha value is -1.82. The largest absolute Gasteiger partial charge is 0.480 e. The van der Waals surface area contributed by atoms with E-state index in [0.717, 1.165) is 0 Å². The second-order valence-corrected chi connectivity index (χ2v) is 4.60. The SMILES string of the molecule is CCC(C(=O)O)N1CCN(C(=O)c2ccoc2)CC1. The molecule has 104 valence electrons. The van der Waals surface area contributed by atoms with Gasteiger partial charge in [0.2, 0.25) is 0 Å². The van der Waals surface area contributed by atoms with Gasteiger partial charge in [0.05, 0.1) is 11.8 Å². The third-order valence-corrected chi connectivity index (χ3v) is 3.48. The van der Waals surface area contributed by atoms with E-state index in [-0.39, 0.29) is 5.91 Å². The van der Waals surface area contributed by atoms with Gasteiger partial charge in [-0.15, -0.1) is 0 Å². The average Bonchev–Trinajstić information content (AvgIpc) is 2.93. The van der Waals surface area contributed by atoms with Crippen molar-refractivity contribution in [3.8, 4) is 0 Å². The number of furan rings is 1. The van der Waals surface area contributed by atoms with Gasteiger partial charge in [-0.2, -0.15) is 0 Å². The number of carboxylic acid groups (broad SMARTS) is 1. The Bertz CT molecular complexity index is 436. The van der Waals surface area contributed by atoms with Crippen molar-refractivity contribution >= 4 is 11.9 Å². The zero-order valence-corrected chi connectivity index (χ0v) is 10.9. The van der Waals surface area contributed by atoms with Crippen molar-refractivity contribution in [1.29, 1.82) is 0 Å². The van der Waals surface area contributed by atoms with Crippen LogP contribution in [0, 0.1) is 0 Å². The van der Waals surface area contributed by atoms with Crippen LogP contribution in [0.25, 0.3) is 0 Å². The minimum Gasteiger partial charge on any atom is -0.480 e. The lowest BCUT2D eigenvalue weighted by atomic mass is 10.1. The van der Waals surface area contributed by atoms with E-state index in [9.17, 15) is 9.59 Å². The first kappa shape index (κ1) is 13.6. The lowest BCUT2D eigenvalue weighted by Gasteiger charge is -2.37. The molecule has 1 aliphatic heterocycles. The first-order valence-electron chi connectivity index (χ1n) is 6.41. The predicted octanol–water partition coefficient (Wildman–Crippen LogP) is 0.901. The van der Waals surface area contributed by atoms with Gasteiger partial charge >= 0.3 is 5.97 Å². The van der Waals surface area contributed by atoms with Crippen molar-refractivity contribution in [3.05, 3.63) is 24.2 Å². The number of hydrogen-bond acceptors (Lipinski definition) is 4. The summed E-state index contributed by atoms with van der Waals surface area (Å²) in [6.07, 6.45) is 3.48. The molecule has 1 saturated heterocycles. The molecule has 1 aromatic heterocycles. The molecule has 1 aromatic rings. The normalized spacial score (nSPS) is 18.3. The van der Waals surface area contributed by atoms with E-state index in [1.54, 1.807) is 11.0 Å². The van der Waals surface area contributed by atoms with Crippen molar-refractivity contribution in [2.24, 2.45) is 0 Å². The molecule has 19 heavy (non-hydrogen) atoms. The maximum atomic E-state index is 12.1. The quantitative estimate of drug-likeness (QED) is 0.876.